The smallest absolute Gasteiger partial charge is 0.313 e. The molecular weight excluding hydrogens is 396 g/mol. The van der Waals surface area contributed by atoms with Gasteiger partial charge in [-0.25, -0.2) is 9.97 Å². The van der Waals surface area contributed by atoms with Crippen molar-refractivity contribution in [2.75, 3.05) is 6.61 Å². The van der Waals surface area contributed by atoms with Crippen LogP contribution in [0.1, 0.15) is 26.3 Å². The molecule has 4 aromatic rings. The number of nitrogens with zero attached hydrogens (tertiary/aromatic N) is 2. The molecule has 2 aromatic heterocycles. The highest BCUT2D eigenvalue weighted by atomic mass is 16.5. The summed E-state index contributed by atoms with van der Waals surface area (Å²) in [7, 11) is 0. The number of aromatic nitrogens is 4. The van der Waals surface area contributed by atoms with Crippen LogP contribution in [0.2, 0.25) is 0 Å². The second kappa shape index (κ2) is 7.71. The van der Waals surface area contributed by atoms with Crippen LogP contribution >= 0.6 is 0 Å². The molecule has 8 nitrogen and oxygen atoms in total. The number of hydrogen-bond acceptors (Lipinski definition) is 5. The van der Waals surface area contributed by atoms with Gasteiger partial charge in [-0.05, 0) is 49.6 Å². The maximum absolute atomic E-state index is 12.3. The molecule has 0 atom stereocenters. The van der Waals surface area contributed by atoms with Gasteiger partial charge >= 0.3 is 5.97 Å². The lowest BCUT2D eigenvalue weighted by Gasteiger charge is -2.20. The van der Waals surface area contributed by atoms with Gasteiger partial charge in [0.1, 0.15) is 11.6 Å². The summed E-state index contributed by atoms with van der Waals surface area (Å²) in [5, 5.41) is 9.55. The second-order valence-corrected chi connectivity index (χ2v) is 7.67. The zero-order chi connectivity index (χ0) is 22.2. The number of carbonyl (C=O) groups is 1. The van der Waals surface area contributed by atoms with Crippen molar-refractivity contribution in [1.29, 1.82) is 0 Å². The number of rotatable bonds is 6. The molecule has 0 aliphatic rings. The Hall–Kier alpha value is -3.94. The molecule has 0 saturated carbocycles. The Morgan fingerprint density at radius 2 is 1.94 bits per heavy atom. The Labute approximate surface area is 178 Å². The van der Waals surface area contributed by atoms with E-state index >= 15 is 0 Å². The number of fused-ring (bicyclic) bond motifs is 1. The zero-order valence-electron chi connectivity index (χ0n) is 17.4. The average molecular weight is 418 g/mol. The number of nitrogens with one attached hydrogen (secondary N) is 2. The van der Waals surface area contributed by atoms with E-state index in [4.69, 9.17) is 4.74 Å². The normalized spacial score (nSPS) is 11.6. The van der Waals surface area contributed by atoms with Crippen molar-refractivity contribution in [2.45, 2.75) is 26.2 Å². The number of ether oxygens (including phenoxy) is 1. The predicted molar refractivity (Wildman–Crippen MR) is 117 cm³/mol. The van der Waals surface area contributed by atoms with Gasteiger partial charge in [0, 0.05) is 0 Å². The third kappa shape index (κ3) is 3.68. The van der Waals surface area contributed by atoms with Gasteiger partial charge in [0.25, 0.3) is 5.56 Å². The summed E-state index contributed by atoms with van der Waals surface area (Å²) in [4.78, 5) is 38.0. The summed E-state index contributed by atoms with van der Waals surface area (Å²) in [5.41, 5.74) is 2.37. The van der Waals surface area contributed by atoms with Crippen molar-refractivity contribution in [1.82, 2.24) is 19.9 Å². The number of hydrogen-bond donors (Lipinski definition) is 3. The fourth-order valence-electron chi connectivity index (χ4n) is 3.36. The van der Waals surface area contributed by atoms with Gasteiger partial charge in [-0.15, -0.1) is 0 Å². The standard InChI is InChI=1S/C23H22N4O4/c1-4-31-17-11-14(13-6-5-7-15(10-13)23(2,3)22(29)30)8-9-16(17)19-26-20-18(21(28)27-19)24-12-25-20/h5-12H,4H2,1-3H3,(H,29,30)(H2,24,25,26,27,28). The molecule has 0 bridgehead atoms. The van der Waals surface area contributed by atoms with Gasteiger partial charge in [0.05, 0.1) is 23.9 Å². The summed E-state index contributed by atoms with van der Waals surface area (Å²) in [6.45, 7) is 5.66. The van der Waals surface area contributed by atoms with Crippen molar-refractivity contribution >= 4 is 17.1 Å². The first-order valence-electron chi connectivity index (χ1n) is 9.86. The van der Waals surface area contributed by atoms with Crippen LogP contribution < -0.4 is 10.3 Å². The van der Waals surface area contributed by atoms with Crippen molar-refractivity contribution in [2.24, 2.45) is 0 Å². The summed E-state index contributed by atoms with van der Waals surface area (Å²) >= 11 is 0. The van der Waals surface area contributed by atoms with E-state index in [1.165, 1.54) is 6.33 Å². The number of benzene rings is 2. The topological polar surface area (TPSA) is 121 Å². The Balaban J connectivity index is 1.81. The van der Waals surface area contributed by atoms with Gasteiger partial charge < -0.3 is 19.8 Å². The van der Waals surface area contributed by atoms with Crippen molar-refractivity contribution in [3.05, 3.63) is 64.7 Å². The van der Waals surface area contributed by atoms with Crippen molar-refractivity contribution in [3.8, 4) is 28.3 Å². The van der Waals surface area contributed by atoms with Gasteiger partial charge in [-0.1, -0.05) is 30.3 Å². The van der Waals surface area contributed by atoms with Crippen molar-refractivity contribution in [3.63, 3.8) is 0 Å². The third-order valence-corrected chi connectivity index (χ3v) is 5.28. The summed E-state index contributed by atoms with van der Waals surface area (Å²) in [5.74, 6) is 0.0432. The predicted octanol–water partition coefficient (Wildman–Crippen LogP) is 3.74. The molecule has 2 aromatic carbocycles. The van der Waals surface area contributed by atoms with E-state index in [1.54, 1.807) is 13.8 Å². The lowest BCUT2D eigenvalue weighted by molar-refractivity contribution is -0.142. The van der Waals surface area contributed by atoms with E-state index in [9.17, 15) is 14.7 Å². The largest absolute Gasteiger partial charge is 0.493 e. The number of imidazole rings is 1. The fraction of sp³-hybridized carbons (Fsp3) is 0.217. The van der Waals surface area contributed by atoms with Crippen LogP contribution in [0.15, 0.2) is 53.6 Å². The van der Waals surface area contributed by atoms with Crippen LogP contribution in [0.5, 0.6) is 5.75 Å². The third-order valence-electron chi connectivity index (χ3n) is 5.28. The SMILES string of the molecule is CCOc1cc(-c2cccc(C(C)(C)C(=O)O)c2)ccc1-c1nc2[nH]cnc2c(=O)[nH]1. The summed E-state index contributed by atoms with van der Waals surface area (Å²) in [6.07, 6.45) is 1.43. The molecule has 0 aliphatic heterocycles. The van der Waals surface area contributed by atoms with Gasteiger partial charge in [0.2, 0.25) is 0 Å². The Morgan fingerprint density at radius 3 is 2.68 bits per heavy atom. The molecule has 0 unspecified atom stereocenters. The molecule has 3 N–H and O–H groups in total. The molecule has 0 amide bonds. The molecule has 0 aliphatic carbocycles. The molecule has 8 heteroatoms. The Bertz CT molecular complexity index is 1340. The zero-order valence-corrected chi connectivity index (χ0v) is 17.4. The van der Waals surface area contributed by atoms with Gasteiger partial charge in [-0.2, -0.15) is 0 Å². The molecule has 0 spiro atoms. The molecule has 0 saturated heterocycles. The first-order chi connectivity index (χ1) is 14.8. The first kappa shape index (κ1) is 20.3. The molecule has 31 heavy (non-hydrogen) atoms. The Kier molecular flexibility index (Phi) is 5.06. The van der Waals surface area contributed by atoms with Crippen LogP contribution in [0.25, 0.3) is 33.7 Å². The lowest BCUT2D eigenvalue weighted by Crippen LogP contribution is -2.28. The first-order valence-corrected chi connectivity index (χ1v) is 9.86. The van der Waals surface area contributed by atoms with Crippen LogP contribution in [0.3, 0.4) is 0 Å². The maximum atomic E-state index is 12.3. The minimum absolute atomic E-state index is 0.246. The minimum atomic E-state index is -1.01. The second-order valence-electron chi connectivity index (χ2n) is 7.67. The van der Waals surface area contributed by atoms with Crippen LogP contribution in [0, 0.1) is 0 Å². The number of aliphatic carboxylic acids is 1. The van der Waals surface area contributed by atoms with Crippen LogP contribution in [0.4, 0.5) is 0 Å². The van der Waals surface area contributed by atoms with E-state index in [2.05, 4.69) is 19.9 Å². The summed E-state index contributed by atoms with van der Waals surface area (Å²) in [6, 6.07) is 13.0. The van der Waals surface area contributed by atoms with E-state index in [1.807, 2.05) is 49.4 Å². The molecule has 0 radical (unpaired) electrons. The van der Waals surface area contributed by atoms with Crippen molar-refractivity contribution < 1.29 is 14.6 Å². The molecule has 158 valence electrons. The van der Waals surface area contributed by atoms with E-state index in [0.717, 1.165) is 11.1 Å². The average Bonchev–Trinajstić information content (AvgIpc) is 3.23. The highest BCUT2D eigenvalue weighted by Gasteiger charge is 2.29. The van der Waals surface area contributed by atoms with Gasteiger partial charge in [0.15, 0.2) is 11.2 Å². The number of carboxylic acids is 1. The quantitative estimate of drug-likeness (QED) is 0.439. The maximum Gasteiger partial charge on any atom is 0.313 e. The van der Waals surface area contributed by atoms with E-state index in [0.29, 0.717) is 35.0 Å². The number of carboxylic acid groups (broad SMARTS) is 1. The highest BCUT2D eigenvalue weighted by molar-refractivity contribution is 5.82. The molecule has 0 fully saturated rings. The van der Waals surface area contributed by atoms with E-state index in [-0.39, 0.29) is 11.1 Å². The summed E-state index contributed by atoms with van der Waals surface area (Å²) < 4.78 is 5.84. The minimum Gasteiger partial charge on any atom is -0.493 e. The Morgan fingerprint density at radius 1 is 1.16 bits per heavy atom. The monoisotopic (exact) mass is 418 g/mol. The lowest BCUT2D eigenvalue weighted by atomic mass is 9.83. The fourth-order valence-corrected chi connectivity index (χ4v) is 3.36. The van der Waals surface area contributed by atoms with Crippen LogP contribution in [-0.4, -0.2) is 37.6 Å². The van der Waals surface area contributed by atoms with Crippen LogP contribution in [-0.2, 0) is 10.2 Å². The molecular formula is C23H22N4O4. The molecule has 4 rings (SSSR count). The number of H-pyrrole nitrogens is 2. The number of aromatic amines is 2. The molecule has 2 heterocycles. The van der Waals surface area contributed by atoms with Gasteiger partial charge in [-0.3, -0.25) is 9.59 Å². The highest BCUT2D eigenvalue weighted by Crippen LogP contribution is 2.34. The van der Waals surface area contributed by atoms with E-state index < -0.39 is 11.4 Å².